The fourth-order valence-electron chi connectivity index (χ4n) is 1.82. The van der Waals surface area contributed by atoms with Gasteiger partial charge < -0.3 is 29.4 Å². The lowest BCUT2D eigenvalue weighted by atomic mass is 10.1. The first-order valence-electron chi connectivity index (χ1n) is 7.16. The van der Waals surface area contributed by atoms with Gasteiger partial charge in [-0.05, 0) is 20.8 Å². The number of methoxy groups -OCH3 is 3. The number of β-amino-alcohol motifs (C(OH)–C–C–N with tert-alkyl or cyclic N) is 1. The Morgan fingerprint density at radius 2 is 1.59 bits per heavy atom. The van der Waals surface area contributed by atoms with Crippen molar-refractivity contribution in [3.05, 3.63) is 12.1 Å². The van der Waals surface area contributed by atoms with E-state index in [2.05, 4.69) is 5.32 Å². The zero-order valence-electron chi connectivity index (χ0n) is 14.2. The van der Waals surface area contributed by atoms with Gasteiger partial charge in [0, 0.05) is 24.2 Å². The van der Waals surface area contributed by atoms with Crippen molar-refractivity contribution in [1.29, 1.82) is 0 Å². The van der Waals surface area contributed by atoms with Gasteiger partial charge in [-0.2, -0.15) is 0 Å². The first-order chi connectivity index (χ1) is 10.3. The maximum Gasteiger partial charge on any atom is 0.203 e. The van der Waals surface area contributed by atoms with Crippen LogP contribution >= 0.6 is 0 Å². The van der Waals surface area contributed by atoms with E-state index in [9.17, 15) is 5.11 Å². The number of aliphatic hydroxyl groups is 1. The van der Waals surface area contributed by atoms with Crippen LogP contribution < -0.4 is 24.3 Å². The lowest BCUT2D eigenvalue weighted by molar-refractivity contribution is 0.0997. The maximum absolute atomic E-state index is 9.95. The quantitative estimate of drug-likeness (QED) is 0.763. The van der Waals surface area contributed by atoms with Crippen molar-refractivity contribution in [3.63, 3.8) is 0 Å². The number of aliphatic hydroxyl groups excluding tert-OH is 1. The molecule has 0 aliphatic rings. The number of hydrogen-bond acceptors (Lipinski definition) is 6. The van der Waals surface area contributed by atoms with Gasteiger partial charge in [-0.25, -0.2) is 0 Å². The highest BCUT2D eigenvalue weighted by Crippen LogP contribution is 2.40. The van der Waals surface area contributed by atoms with Gasteiger partial charge in [0.1, 0.15) is 18.5 Å². The molecule has 0 bridgehead atoms. The van der Waals surface area contributed by atoms with Gasteiger partial charge in [-0.3, -0.25) is 0 Å². The maximum atomic E-state index is 9.95. The Hall–Kier alpha value is -1.66. The van der Waals surface area contributed by atoms with Gasteiger partial charge in [0.2, 0.25) is 5.75 Å². The Labute approximate surface area is 132 Å². The third-order valence-corrected chi connectivity index (χ3v) is 2.95. The van der Waals surface area contributed by atoms with Crippen molar-refractivity contribution in [2.75, 3.05) is 34.5 Å². The molecule has 0 heterocycles. The van der Waals surface area contributed by atoms with Crippen molar-refractivity contribution in [2.24, 2.45) is 0 Å². The fourth-order valence-corrected chi connectivity index (χ4v) is 1.82. The number of nitrogens with one attached hydrogen (secondary N) is 1. The summed E-state index contributed by atoms with van der Waals surface area (Å²) in [5.41, 5.74) is -0.0481. The molecule has 0 spiro atoms. The molecule has 0 saturated carbocycles. The van der Waals surface area contributed by atoms with Crippen molar-refractivity contribution < 1.29 is 24.1 Å². The van der Waals surface area contributed by atoms with Gasteiger partial charge in [0.15, 0.2) is 11.5 Å². The molecule has 1 atom stereocenters. The molecule has 0 fully saturated rings. The van der Waals surface area contributed by atoms with E-state index in [1.165, 1.54) is 0 Å². The van der Waals surface area contributed by atoms with Crippen LogP contribution in [0.3, 0.4) is 0 Å². The summed E-state index contributed by atoms with van der Waals surface area (Å²) in [5.74, 6) is 2.08. The molecule has 0 aliphatic carbocycles. The summed E-state index contributed by atoms with van der Waals surface area (Å²) in [6.45, 7) is 6.75. The number of benzene rings is 1. The smallest absolute Gasteiger partial charge is 0.203 e. The highest BCUT2D eigenvalue weighted by atomic mass is 16.5. The molecule has 1 aromatic rings. The summed E-state index contributed by atoms with van der Waals surface area (Å²) in [5, 5.41) is 13.2. The van der Waals surface area contributed by atoms with Crippen LogP contribution in [0, 0.1) is 0 Å². The van der Waals surface area contributed by atoms with Crippen LogP contribution in [0.2, 0.25) is 0 Å². The molecule has 6 heteroatoms. The predicted octanol–water partition coefficient (Wildman–Crippen LogP) is 1.84. The minimum Gasteiger partial charge on any atom is -0.493 e. The van der Waals surface area contributed by atoms with Gasteiger partial charge in [-0.1, -0.05) is 0 Å². The van der Waals surface area contributed by atoms with E-state index < -0.39 is 6.10 Å². The Morgan fingerprint density at radius 1 is 1.05 bits per heavy atom. The molecular weight excluding hydrogens is 286 g/mol. The van der Waals surface area contributed by atoms with Crippen LogP contribution in [0.5, 0.6) is 23.0 Å². The van der Waals surface area contributed by atoms with E-state index in [1.807, 2.05) is 20.8 Å². The third-order valence-electron chi connectivity index (χ3n) is 2.95. The summed E-state index contributed by atoms with van der Waals surface area (Å²) in [6.07, 6.45) is -0.613. The van der Waals surface area contributed by atoms with Crippen LogP contribution in [-0.4, -0.2) is 51.2 Å². The third kappa shape index (κ3) is 5.61. The van der Waals surface area contributed by atoms with Crippen LogP contribution in [0.25, 0.3) is 0 Å². The molecule has 6 nitrogen and oxygen atoms in total. The highest BCUT2D eigenvalue weighted by Gasteiger charge is 2.16. The average molecular weight is 313 g/mol. The molecule has 126 valence electrons. The van der Waals surface area contributed by atoms with Crippen molar-refractivity contribution in [1.82, 2.24) is 5.32 Å². The molecule has 0 radical (unpaired) electrons. The van der Waals surface area contributed by atoms with E-state index in [-0.39, 0.29) is 12.1 Å². The van der Waals surface area contributed by atoms with Crippen molar-refractivity contribution >= 4 is 0 Å². The molecule has 0 amide bonds. The lowest BCUT2D eigenvalue weighted by Crippen LogP contribution is -2.42. The summed E-state index contributed by atoms with van der Waals surface area (Å²) >= 11 is 0. The number of ether oxygens (including phenoxy) is 4. The average Bonchev–Trinajstić information content (AvgIpc) is 2.48. The molecule has 1 aromatic carbocycles. The predicted molar refractivity (Wildman–Crippen MR) is 85.4 cm³/mol. The Balaban J connectivity index is 2.69. The topological polar surface area (TPSA) is 69.2 Å². The normalized spacial score (nSPS) is 12.7. The monoisotopic (exact) mass is 313 g/mol. The van der Waals surface area contributed by atoms with Crippen molar-refractivity contribution in [2.45, 2.75) is 32.4 Å². The number of hydrogen-bond donors (Lipinski definition) is 2. The van der Waals surface area contributed by atoms with Gasteiger partial charge in [0.25, 0.3) is 0 Å². The second kappa shape index (κ2) is 8.10. The second-order valence-electron chi connectivity index (χ2n) is 5.96. The second-order valence-corrected chi connectivity index (χ2v) is 5.96. The minimum absolute atomic E-state index is 0.0481. The van der Waals surface area contributed by atoms with E-state index in [0.29, 0.717) is 29.5 Å². The minimum atomic E-state index is -0.613. The summed E-state index contributed by atoms with van der Waals surface area (Å²) in [7, 11) is 4.63. The van der Waals surface area contributed by atoms with Crippen LogP contribution in [0.1, 0.15) is 20.8 Å². The molecular formula is C16H27NO5. The zero-order valence-corrected chi connectivity index (χ0v) is 14.2. The van der Waals surface area contributed by atoms with Crippen molar-refractivity contribution in [3.8, 4) is 23.0 Å². The molecule has 0 aliphatic heterocycles. The van der Waals surface area contributed by atoms with E-state index in [1.54, 1.807) is 33.5 Å². The van der Waals surface area contributed by atoms with E-state index in [0.717, 1.165) is 0 Å². The Morgan fingerprint density at radius 3 is 2.00 bits per heavy atom. The number of rotatable bonds is 8. The summed E-state index contributed by atoms with van der Waals surface area (Å²) < 4.78 is 21.4. The molecule has 0 aromatic heterocycles. The molecule has 22 heavy (non-hydrogen) atoms. The Kier molecular flexibility index (Phi) is 6.77. The van der Waals surface area contributed by atoms with E-state index >= 15 is 0 Å². The van der Waals surface area contributed by atoms with Gasteiger partial charge in [-0.15, -0.1) is 0 Å². The molecule has 0 unspecified atom stereocenters. The van der Waals surface area contributed by atoms with Crippen LogP contribution in [0.4, 0.5) is 0 Å². The fraction of sp³-hybridized carbons (Fsp3) is 0.625. The van der Waals surface area contributed by atoms with Gasteiger partial charge >= 0.3 is 0 Å². The standard InChI is InChI=1S/C16H27NO5/c1-16(2,3)17-9-11(18)10-22-12-7-13(19-4)15(21-6)14(8-12)20-5/h7-8,11,17-18H,9-10H2,1-6H3/t11-/m1/s1. The van der Waals surface area contributed by atoms with Crippen LogP contribution in [0.15, 0.2) is 12.1 Å². The SMILES string of the molecule is COc1cc(OC[C@H](O)CNC(C)(C)C)cc(OC)c1OC. The zero-order chi connectivity index (χ0) is 16.8. The first-order valence-corrected chi connectivity index (χ1v) is 7.16. The lowest BCUT2D eigenvalue weighted by Gasteiger charge is -2.23. The Bertz CT molecular complexity index is 445. The van der Waals surface area contributed by atoms with E-state index in [4.69, 9.17) is 18.9 Å². The van der Waals surface area contributed by atoms with Gasteiger partial charge in [0.05, 0.1) is 21.3 Å². The summed E-state index contributed by atoms with van der Waals surface area (Å²) in [4.78, 5) is 0. The highest BCUT2D eigenvalue weighted by molar-refractivity contribution is 5.55. The molecule has 1 rings (SSSR count). The first kappa shape index (κ1) is 18.4. The summed E-state index contributed by atoms with van der Waals surface area (Å²) in [6, 6.07) is 3.40. The molecule has 2 N–H and O–H groups in total. The largest absolute Gasteiger partial charge is 0.493 e. The molecule has 0 saturated heterocycles. The van der Waals surface area contributed by atoms with Crippen LogP contribution in [-0.2, 0) is 0 Å².